The van der Waals surface area contributed by atoms with Gasteiger partial charge in [-0.3, -0.25) is 4.79 Å². The molecule has 0 aliphatic carbocycles. The van der Waals surface area contributed by atoms with E-state index in [1.165, 1.54) is 0 Å². The SMILES string of the molecule is O=C(NCC(O)COc1ccccc1)c1ccccc1. The maximum absolute atomic E-state index is 11.8. The zero-order valence-electron chi connectivity index (χ0n) is 11.0. The summed E-state index contributed by atoms with van der Waals surface area (Å²) in [7, 11) is 0. The summed E-state index contributed by atoms with van der Waals surface area (Å²) in [6.45, 7) is 0.291. The minimum Gasteiger partial charge on any atom is -0.491 e. The normalized spacial score (nSPS) is 11.7. The minimum atomic E-state index is -0.747. The van der Waals surface area contributed by atoms with Crippen molar-refractivity contribution in [3.63, 3.8) is 0 Å². The van der Waals surface area contributed by atoms with Gasteiger partial charge in [0.2, 0.25) is 0 Å². The standard InChI is InChI=1S/C16H17NO3/c18-14(12-20-15-9-5-2-6-10-15)11-17-16(19)13-7-3-1-4-8-13/h1-10,14,18H,11-12H2,(H,17,19). The van der Waals surface area contributed by atoms with E-state index in [0.29, 0.717) is 11.3 Å². The third-order valence-electron chi connectivity index (χ3n) is 2.72. The lowest BCUT2D eigenvalue weighted by Crippen LogP contribution is -2.35. The summed E-state index contributed by atoms with van der Waals surface area (Å²) in [6, 6.07) is 18.1. The average Bonchev–Trinajstić information content (AvgIpc) is 2.52. The first-order valence-corrected chi connectivity index (χ1v) is 6.45. The topological polar surface area (TPSA) is 58.6 Å². The van der Waals surface area contributed by atoms with Crippen molar-refractivity contribution in [2.24, 2.45) is 0 Å². The fourth-order valence-electron chi connectivity index (χ4n) is 1.67. The van der Waals surface area contributed by atoms with Gasteiger partial charge in [-0.25, -0.2) is 0 Å². The zero-order chi connectivity index (χ0) is 14.2. The Morgan fingerprint density at radius 2 is 1.65 bits per heavy atom. The predicted molar refractivity (Wildman–Crippen MR) is 76.7 cm³/mol. The molecule has 0 saturated heterocycles. The monoisotopic (exact) mass is 271 g/mol. The Bertz CT molecular complexity index is 528. The summed E-state index contributed by atoms with van der Waals surface area (Å²) in [5, 5.41) is 12.4. The van der Waals surface area contributed by atoms with Crippen LogP contribution in [0.1, 0.15) is 10.4 Å². The molecule has 20 heavy (non-hydrogen) atoms. The molecular weight excluding hydrogens is 254 g/mol. The maximum atomic E-state index is 11.8. The summed E-state index contributed by atoms with van der Waals surface area (Å²) < 4.78 is 5.40. The molecule has 0 radical (unpaired) electrons. The summed E-state index contributed by atoms with van der Waals surface area (Å²) in [5.74, 6) is 0.491. The molecule has 0 aromatic heterocycles. The Morgan fingerprint density at radius 1 is 1.05 bits per heavy atom. The highest BCUT2D eigenvalue weighted by Gasteiger charge is 2.09. The Labute approximate surface area is 118 Å². The molecule has 0 aliphatic heterocycles. The van der Waals surface area contributed by atoms with Crippen LogP contribution in [0.25, 0.3) is 0 Å². The number of hydrogen-bond donors (Lipinski definition) is 2. The largest absolute Gasteiger partial charge is 0.491 e. The van der Waals surface area contributed by atoms with Crippen molar-refractivity contribution in [2.45, 2.75) is 6.10 Å². The molecule has 104 valence electrons. The molecule has 4 nitrogen and oxygen atoms in total. The fraction of sp³-hybridized carbons (Fsp3) is 0.188. The molecule has 2 aromatic rings. The van der Waals surface area contributed by atoms with Gasteiger partial charge in [-0.1, -0.05) is 36.4 Å². The van der Waals surface area contributed by atoms with E-state index in [2.05, 4.69) is 5.32 Å². The van der Waals surface area contributed by atoms with E-state index in [9.17, 15) is 9.90 Å². The van der Waals surface area contributed by atoms with Crippen LogP contribution in [0, 0.1) is 0 Å². The van der Waals surface area contributed by atoms with Crippen molar-refractivity contribution in [3.05, 3.63) is 66.2 Å². The van der Waals surface area contributed by atoms with Crippen molar-refractivity contribution >= 4 is 5.91 Å². The number of para-hydroxylation sites is 1. The third-order valence-corrected chi connectivity index (χ3v) is 2.72. The van der Waals surface area contributed by atoms with E-state index in [0.717, 1.165) is 0 Å². The van der Waals surface area contributed by atoms with Gasteiger partial charge in [0.05, 0.1) is 0 Å². The van der Waals surface area contributed by atoms with Crippen LogP contribution in [0.15, 0.2) is 60.7 Å². The second-order valence-corrected chi connectivity index (χ2v) is 4.35. The Hall–Kier alpha value is -2.33. The number of amides is 1. The second-order valence-electron chi connectivity index (χ2n) is 4.35. The number of rotatable bonds is 6. The highest BCUT2D eigenvalue weighted by Crippen LogP contribution is 2.08. The molecule has 4 heteroatoms. The van der Waals surface area contributed by atoms with Crippen molar-refractivity contribution in [1.29, 1.82) is 0 Å². The van der Waals surface area contributed by atoms with E-state index in [-0.39, 0.29) is 19.1 Å². The summed E-state index contributed by atoms with van der Waals surface area (Å²) in [4.78, 5) is 11.8. The van der Waals surface area contributed by atoms with Gasteiger partial charge in [0, 0.05) is 12.1 Å². The molecule has 0 aliphatic rings. The Morgan fingerprint density at radius 3 is 2.30 bits per heavy atom. The van der Waals surface area contributed by atoms with Gasteiger partial charge in [-0.05, 0) is 24.3 Å². The molecular formula is C16H17NO3. The summed E-state index contributed by atoms with van der Waals surface area (Å²) in [6.07, 6.45) is -0.747. The third kappa shape index (κ3) is 4.40. The van der Waals surface area contributed by atoms with Gasteiger partial charge >= 0.3 is 0 Å². The fourth-order valence-corrected chi connectivity index (χ4v) is 1.67. The maximum Gasteiger partial charge on any atom is 0.251 e. The first-order valence-electron chi connectivity index (χ1n) is 6.45. The van der Waals surface area contributed by atoms with Crippen LogP contribution in [0.5, 0.6) is 5.75 Å². The van der Waals surface area contributed by atoms with Crippen molar-refractivity contribution in [1.82, 2.24) is 5.32 Å². The van der Waals surface area contributed by atoms with Crippen LogP contribution in [0.4, 0.5) is 0 Å². The Kier molecular flexibility index (Phi) is 5.15. The van der Waals surface area contributed by atoms with Crippen LogP contribution < -0.4 is 10.1 Å². The number of aliphatic hydroxyl groups excluding tert-OH is 1. The average molecular weight is 271 g/mol. The van der Waals surface area contributed by atoms with Gasteiger partial charge in [0.25, 0.3) is 5.91 Å². The van der Waals surface area contributed by atoms with E-state index >= 15 is 0 Å². The lowest BCUT2D eigenvalue weighted by Gasteiger charge is -2.13. The number of benzene rings is 2. The number of carbonyl (C=O) groups excluding carboxylic acids is 1. The van der Waals surface area contributed by atoms with E-state index in [4.69, 9.17) is 4.74 Å². The number of nitrogens with one attached hydrogen (secondary N) is 1. The molecule has 2 N–H and O–H groups in total. The quantitative estimate of drug-likeness (QED) is 0.843. The van der Waals surface area contributed by atoms with E-state index < -0.39 is 6.10 Å². The van der Waals surface area contributed by atoms with Crippen LogP contribution >= 0.6 is 0 Å². The summed E-state index contributed by atoms with van der Waals surface area (Å²) in [5.41, 5.74) is 0.573. The van der Waals surface area contributed by atoms with Crippen LogP contribution in [0.3, 0.4) is 0 Å². The molecule has 0 bridgehead atoms. The van der Waals surface area contributed by atoms with Crippen LogP contribution in [0.2, 0.25) is 0 Å². The molecule has 0 saturated carbocycles. The second kappa shape index (κ2) is 7.31. The molecule has 1 atom stereocenters. The first kappa shape index (κ1) is 14.1. The van der Waals surface area contributed by atoms with Gasteiger partial charge < -0.3 is 15.2 Å². The van der Waals surface area contributed by atoms with Crippen LogP contribution in [-0.2, 0) is 0 Å². The Balaban J connectivity index is 1.73. The molecule has 0 heterocycles. The highest BCUT2D eigenvalue weighted by molar-refractivity contribution is 5.94. The number of hydrogen-bond acceptors (Lipinski definition) is 3. The lowest BCUT2D eigenvalue weighted by molar-refractivity contribution is 0.0844. The molecule has 2 aromatic carbocycles. The van der Waals surface area contributed by atoms with Crippen molar-refractivity contribution in [3.8, 4) is 5.75 Å². The number of aliphatic hydroxyl groups is 1. The molecule has 0 spiro atoms. The highest BCUT2D eigenvalue weighted by atomic mass is 16.5. The van der Waals surface area contributed by atoms with Gasteiger partial charge in [0.1, 0.15) is 18.5 Å². The first-order chi connectivity index (χ1) is 9.75. The van der Waals surface area contributed by atoms with Crippen molar-refractivity contribution in [2.75, 3.05) is 13.2 Å². The number of ether oxygens (including phenoxy) is 1. The molecule has 1 amide bonds. The smallest absolute Gasteiger partial charge is 0.251 e. The zero-order valence-corrected chi connectivity index (χ0v) is 11.0. The van der Waals surface area contributed by atoms with E-state index in [1.807, 2.05) is 36.4 Å². The predicted octanol–water partition coefficient (Wildman–Crippen LogP) is 1.86. The van der Waals surface area contributed by atoms with Gasteiger partial charge in [-0.15, -0.1) is 0 Å². The minimum absolute atomic E-state index is 0.138. The molecule has 1 unspecified atom stereocenters. The van der Waals surface area contributed by atoms with Crippen molar-refractivity contribution < 1.29 is 14.6 Å². The van der Waals surface area contributed by atoms with Gasteiger partial charge in [0.15, 0.2) is 0 Å². The summed E-state index contributed by atoms with van der Waals surface area (Å²) >= 11 is 0. The molecule has 2 rings (SSSR count). The number of carbonyl (C=O) groups is 1. The van der Waals surface area contributed by atoms with Crippen LogP contribution in [-0.4, -0.2) is 30.3 Å². The molecule has 0 fully saturated rings. The lowest BCUT2D eigenvalue weighted by atomic mass is 10.2. The van der Waals surface area contributed by atoms with E-state index in [1.54, 1.807) is 24.3 Å². The van der Waals surface area contributed by atoms with Gasteiger partial charge in [-0.2, -0.15) is 0 Å².